The number of carbonyl (C=O) groups is 1. The second-order valence-corrected chi connectivity index (χ2v) is 8.72. The predicted molar refractivity (Wildman–Crippen MR) is 118 cm³/mol. The average molecular weight is 435 g/mol. The van der Waals surface area contributed by atoms with Crippen LogP contribution in [0.3, 0.4) is 0 Å². The van der Waals surface area contributed by atoms with Crippen molar-refractivity contribution in [2.45, 2.75) is 44.7 Å². The number of carbonyl (C=O) groups excluding carboxylic acids is 1. The molecule has 2 heterocycles. The summed E-state index contributed by atoms with van der Waals surface area (Å²) in [6, 6.07) is 14.6. The van der Waals surface area contributed by atoms with Gasteiger partial charge in [-0.2, -0.15) is 4.98 Å². The molecule has 0 spiro atoms. The van der Waals surface area contributed by atoms with Gasteiger partial charge >= 0.3 is 0 Å². The van der Waals surface area contributed by atoms with Crippen LogP contribution in [0.4, 0.5) is 4.39 Å². The Hall–Kier alpha value is -3.06. The van der Waals surface area contributed by atoms with E-state index < -0.39 is 0 Å². The van der Waals surface area contributed by atoms with Gasteiger partial charge in [-0.3, -0.25) is 9.69 Å². The highest BCUT2D eigenvalue weighted by atomic mass is 19.1. The lowest BCUT2D eigenvalue weighted by molar-refractivity contribution is -0.127. The summed E-state index contributed by atoms with van der Waals surface area (Å²) in [6.07, 6.45) is 4.86. The van der Waals surface area contributed by atoms with E-state index in [4.69, 9.17) is 4.52 Å². The fourth-order valence-electron chi connectivity index (χ4n) is 4.77. The molecule has 1 fully saturated rings. The second-order valence-electron chi connectivity index (χ2n) is 8.72. The van der Waals surface area contributed by atoms with Crippen LogP contribution in [0.5, 0.6) is 0 Å². The molecule has 2 aromatic carbocycles. The highest BCUT2D eigenvalue weighted by molar-refractivity contribution is 5.79. The lowest BCUT2D eigenvalue weighted by atomic mass is 9.87. The maximum Gasteiger partial charge on any atom is 0.241 e. The molecule has 1 amide bonds. The number of nitrogens with zero attached hydrogens (tertiary/aromatic N) is 3. The molecule has 6 nitrogen and oxygen atoms in total. The molecule has 1 unspecified atom stereocenters. The van der Waals surface area contributed by atoms with E-state index >= 15 is 0 Å². The number of piperidine rings is 1. The van der Waals surface area contributed by atoms with Crippen LogP contribution < -0.4 is 5.32 Å². The minimum atomic E-state index is -0.294. The van der Waals surface area contributed by atoms with Gasteiger partial charge in [-0.15, -0.1) is 0 Å². The first-order valence-electron chi connectivity index (χ1n) is 11.3. The van der Waals surface area contributed by atoms with Gasteiger partial charge in [0, 0.05) is 11.5 Å². The first-order valence-corrected chi connectivity index (χ1v) is 11.3. The number of halogens is 1. The predicted octanol–water partition coefficient (Wildman–Crippen LogP) is 4.28. The smallest absolute Gasteiger partial charge is 0.241 e. The molecule has 0 bridgehead atoms. The van der Waals surface area contributed by atoms with Crippen molar-refractivity contribution in [3.05, 3.63) is 71.4 Å². The number of amides is 1. The van der Waals surface area contributed by atoms with E-state index in [2.05, 4.69) is 44.6 Å². The molecule has 7 heteroatoms. The number of hydrogen-bond acceptors (Lipinski definition) is 5. The van der Waals surface area contributed by atoms with Gasteiger partial charge in [-0.25, -0.2) is 4.39 Å². The molecule has 1 N–H and O–H groups in total. The number of fused-ring (bicyclic) bond motifs is 1. The third kappa shape index (κ3) is 4.58. The molecule has 0 radical (unpaired) electrons. The fraction of sp³-hybridized carbons (Fsp3) is 0.400. The monoisotopic (exact) mass is 434 g/mol. The molecular formula is C25H27FN4O2. The Labute approximate surface area is 186 Å². The van der Waals surface area contributed by atoms with Gasteiger partial charge in [0.2, 0.25) is 17.6 Å². The number of nitrogens with one attached hydrogen (secondary N) is 1. The molecular weight excluding hydrogens is 407 g/mol. The number of benzene rings is 2. The highest BCUT2D eigenvalue weighted by Gasteiger charge is 2.29. The van der Waals surface area contributed by atoms with Crippen LogP contribution >= 0.6 is 0 Å². The minimum absolute atomic E-state index is 0.0396. The molecule has 5 rings (SSSR count). The van der Waals surface area contributed by atoms with Crippen molar-refractivity contribution in [1.82, 2.24) is 20.4 Å². The zero-order valence-electron chi connectivity index (χ0n) is 18.0. The van der Waals surface area contributed by atoms with E-state index in [0.717, 1.165) is 50.8 Å². The van der Waals surface area contributed by atoms with Crippen LogP contribution in [0.15, 0.2) is 53.1 Å². The van der Waals surface area contributed by atoms with Crippen molar-refractivity contribution in [2.24, 2.45) is 5.92 Å². The molecule has 0 saturated carbocycles. The molecule has 1 aromatic heterocycles. The van der Waals surface area contributed by atoms with E-state index in [0.29, 0.717) is 18.3 Å². The van der Waals surface area contributed by atoms with Crippen LogP contribution in [-0.2, 0) is 17.8 Å². The van der Waals surface area contributed by atoms with Crippen molar-refractivity contribution in [1.29, 1.82) is 0 Å². The van der Waals surface area contributed by atoms with Gasteiger partial charge in [0.1, 0.15) is 5.82 Å². The van der Waals surface area contributed by atoms with Crippen molar-refractivity contribution < 1.29 is 13.7 Å². The van der Waals surface area contributed by atoms with Crippen LogP contribution in [0.1, 0.15) is 48.7 Å². The first-order chi connectivity index (χ1) is 15.7. The normalized spacial score (nSPS) is 19.5. The third-order valence-corrected chi connectivity index (χ3v) is 6.57. The molecule has 3 aromatic rings. The van der Waals surface area contributed by atoms with Crippen LogP contribution in [-0.4, -0.2) is 34.0 Å². The lowest BCUT2D eigenvalue weighted by Gasteiger charge is -2.32. The molecule has 166 valence electrons. The standard InChI is InChI=1S/C25H27FN4O2/c26-20-10-8-18(9-11-20)24-28-23(32-29-24)16-30-14-12-19(13-15-30)25(31)27-22-7-3-5-17-4-1-2-6-21(17)22/h1-2,4,6,8-11,19,22H,3,5,7,12-16H2,(H,27,31). The highest BCUT2D eigenvalue weighted by Crippen LogP contribution is 2.30. The molecule has 1 saturated heterocycles. The van der Waals surface area contributed by atoms with Gasteiger partial charge in [0.05, 0.1) is 12.6 Å². The molecule has 1 atom stereocenters. The third-order valence-electron chi connectivity index (χ3n) is 6.57. The summed E-state index contributed by atoms with van der Waals surface area (Å²) in [7, 11) is 0. The fourth-order valence-corrected chi connectivity index (χ4v) is 4.77. The Balaban J connectivity index is 1.13. The molecule has 1 aliphatic heterocycles. The van der Waals surface area contributed by atoms with E-state index in [1.54, 1.807) is 12.1 Å². The molecule has 1 aliphatic carbocycles. The Bertz CT molecular complexity index is 1070. The van der Waals surface area contributed by atoms with Crippen LogP contribution in [0, 0.1) is 11.7 Å². The zero-order chi connectivity index (χ0) is 21.9. The summed E-state index contributed by atoms with van der Waals surface area (Å²) >= 11 is 0. The lowest BCUT2D eigenvalue weighted by Crippen LogP contribution is -2.41. The Morgan fingerprint density at radius 3 is 2.69 bits per heavy atom. The molecule has 2 aliphatic rings. The summed E-state index contributed by atoms with van der Waals surface area (Å²) in [6.45, 7) is 2.18. The van der Waals surface area contributed by atoms with Gasteiger partial charge < -0.3 is 9.84 Å². The zero-order valence-corrected chi connectivity index (χ0v) is 18.0. The van der Waals surface area contributed by atoms with Crippen molar-refractivity contribution in [3.8, 4) is 11.4 Å². The van der Waals surface area contributed by atoms with Crippen LogP contribution in [0.25, 0.3) is 11.4 Å². The second kappa shape index (κ2) is 9.20. The quantitative estimate of drug-likeness (QED) is 0.649. The average Bonchev–Trinajstić information content (AvgIpc) is 3.29. The van der Waals surface area contributed by atoms with Gasteiger partial charge in [0.15, 0.2) is 0 Å². The van der Waals surface area contributed by atoms with Gasteiger partial charge in [-0.1, -0.05) is 29.4 Å². The van der Waals surface area contributed by atoms with Crippen LogP contribution in [0.2, 0.25) is 0 Å². The maximum absolute atomic E-state index is 13.1. The largest absolute Gasteiger partial charge is 0.349 e. The van der Waals surface area contributed by atoms with E-state index in [1.165, 1.54) is 23.3 Å². The number of aromatic nitrogens is 2. The van der Waals surface area contributed by atoms with Crippen molar-refractivity contribution >= 4 is 5.91 Å². The Kier molecular flexibility index (Phi) is 5.99. The number of hydrogen-bond donors (Lipinski definition) is 1. The summed E-state index contributed by atoms with van der Waals surface area (Å²) < 4.78 is 18.5. The maximum atomic E-state index is 13.1. The van der Waals surface area contributed by atoms with Gasteiger partial charge in [-0.05, 0) is 80.6 Å². The van der Waals surface area contributed by atoms with E-state index in [1.807, 2.05) is 0 Å². The number of aryl methyl sites for hydroxylation is 1. The Morgan fingerprint density at radius 2 is 1.88 bits per heavy atom. The topological polar surface area (TPSA) is 71.3 Å². The number of rotatable bonds is 5. The summed E-state index contributed by atoms with van der Waals surface area (Å²) in [5.41, 5.74) is 3.36. The minimum Gasteiger partial charge on any atom is -0.349 e. The van der Waals surface area contributed by atoms with E-state index in [9.17, 15) is 9.18 Å². The first kappa shape index (κ1) is 20.8. The summed E-state index contributed by atoms with van der Waals surface area (Å²) in [4.78, 5) is 19.6. The summed E-state index contributed by atoms with van der Waals surface area (Å²) in [5, 5.41) is 7.32. The van der Waals surface area contributed by atoms with E-state index in [-0.39, 0.29) is 23.7 Å². The van der Waals surface area contributed by atoms with Crippen molar-refractivity contribution in [3.63, 3.8) is 0 Å². The van der Waals surface area contributed by atoms with Crippen molar-refractivity contribution in [2.75, 3.05) is 13.1 Å². The number of likely N-dealkylation sites (tertiary alicyclic amines) is 1. The molecule has 32 heavy (non-hydrogen) atoms. The van der Waals surface area contributed by atoms with Gasteiger partial charge in [0.25, 0.3) is 0 Å². The SMILES string of the molecule is O=C(NC1CCCc2ccccc21)C1CCN(Cc2nc(-c3ccc(F)cc3)no2)CC1. The summed E-state index contributed by atoms with van der Waals surface area (Å²) in [5.74, 6) is 0.908. The Morgan fingerprint density at radius 1 is 1.09 bits per heavy atom.